The van der Waals surface area contributed by atoms with E-state index in [2.05, 4.69) is 15.8 Å². The van der Waals surface area contributed by atoms with Crippen LogP contribution >= 0.6 is 11.6 Å². The molecule has 26 heavy (non-hydrogen) atoms. The largest absolute Gasteiger partial charge is 0.343 e. The van der Waals surface area contributed by atoms with Crippen molar-refractivity contribution in [2.45, 2.75) is 0 Å². The lowest BCUT2D eigenvalue weighted by molar-refractivity contribution is -0.384. The summed E-state index contributed by atoms with van der Waals surface area (Å²) in [5.41, 5.74) is 2.14. The second kappa shape index (κ2) is 8.67. The molecule has 2 aromatic rings. The molecule has 0 spiro atoms. The Labute approximate surface area is 151 Å². The molecule has 2 amide bonds. The molecule has 0 atom stereocenters. The van der Waals surface area contributed by atoms with Gasteiger partial charge >= 0.3 is 0 Å². The van der Waals surface area contributed by atoms with Crippen LogP contribution in [0, 0.1) is 15.9 Å². The molecule has 0 fully saturated rings. The molecular formula is C16H12ClFN4O4. The first kappa shape index (κ1) is 19.0. The lowest BCUT2D eigenvalue weighted by Crippen LogP contribution is -2.34. The molecule has 0 heterocycles. The standard InChI is InChI=1S/C16H12ClFN4O4/c17-13-2-1-3-14(18)12(13)8-20-21-15(23)9-19-16(24)10-4-6-11(7-5-10)22(25)26/h1-8H,9H2,(H,19,24)(H,21,23)/b20-8-. The van der Waals surface area contributed by atoms with Crippen molar-refractivity contribution in [2.75, 3.05) is 6.54 Å². The van der Waals surface area contributed by atoms with Crippen LogP contribution in [0.1, 0.15) is 15.9 Å². The number of carbonyl (C=O) groups is 2. The van der Waals surface area contributed by atoms with E-state index in [4.69, 9.17) is 11.6 Å². The Bertz CT molecular complexity index is 851. The molecule has 2 N–H and O–H groups in total. The van der Waals surface area contributed by atoms with Crippen LogP contribution in [-0.2, 0) is 4.79 Å². The second-order valence-corrected chi connectivity index (χ2v) is 5.32. The second-order valence-electron chi connectivity index (χ2n) is 4.92. The molecule has 134 valence electrons. The molecule has 2 aromatic carbocycles. The SMILES string of the molecule is O=C(CNC(=O)c1ccc([N+](=O)[O-])cc1)N/N=C\c1c(F)cccc1Cl. The van der Waals surface area contributed by atoms with Gasteiger partial charge in [0.2, 0.25) is 0 Å². The normalized spacial score (nSPS) is 10.5. The third-order valence-electron chi connectivity index (χ3n) is 3.13. The number of halogens is 2. The van der Waals surface area contributed by atoms with Gasteiger partial charge in [0.1, 0.15) is 5.82 Å². The van der Waals surface area contributed by atoms with Crippen LogP contribution in [0.3, 0.4) is 0 Å². The fourth-order valence-corrected chi connectivity index (χ4v) is 2.05. The quantitative estimate of drug-likeness (QED) is 0.456. The van der Waals surface area contributed by atoms with Crippen LogP contribution in [0.25, 0.3) is 0 Å². The molecule has 0 bridgehead atoms. The molecule has 0 aliphatic rings. The summed E-state index contributed by atoms with van der Waals surface area (Å²) in [5, 5.41) is 16.6. The van der Waals surface area contributed by atoms with E-state index in [1.165, 1.54) is 42.5 Å². The number of nitro benzene ring substituents is 1. The first-order valence-electron chi connectivity index (χ1n) is 7.17. The minimum absolute atomic E-state index is 0.0179. The molecule has 0 saturated carbocycles. The van der Waals surface area contributed by atoms with Gasteiger partial charge in [0.05, 0.1) is 22.7 Å². The monoisotopic (exact) mass is 378 g/mol. The van der Waals surface area contributed by atoms with Crippen LogP contribution in [0.2, 0.25) is 5.02 Å². The maximum absolute atomic E-state index is 13.5. The van der Waals surface area contributed by atoms with E-state index in [1.54, 1.807) is 0 Å². The molecule has 2 rings (SSSR count). The molecule has 0 aromatic heterocycles. The molecule has 0 saturated heterocycles. The lowest BCUT2D eigenvalue weighted by Gasteiger charge is -2.04. The minimum atomic E-state index is -0.649. The number of amides is 2. The van der Waals surface area contributed by atoms with E-state index < -0.39 is 29.1 Å². The van der Waals surface area contributed by atoms with Crippen LogP contribution in [0.15, 0.2) is 47.6 Å². The van der Waals surface area contributed by atoms with E-state index in [-0.39, 0.29) is 21.8 Å². The molecular weight excluding hydrogens is 367 g/mol. The number of hydrogen-bond donors (Lipinski definition) is 2. The highest BCUT2D eigenvalue weighted by atomic mass is 35.5. The van der Waals surface area contributed by atoms with Gasteiger partial charge in [-0.3, -0.25) is 19.7 Å². The molecule has 10 heteroatoms. The highest BCUT2D eigenvalue weighted by molar-refractivity contribution is 6.33. The number of hydrazone groups is 1. The molecule has 0 unspecified atom stereocenters. The molecule has 0 radical (unpaired) electrons. The number of nitrogens with one attached hydrogen (secondary N) is 2. The number of nitrogens with zero attached hydrogens (tertiary/aromatic N) is 2. The van der Waals surface area contributed by atoms with E-state index in [1.807, 2.05) is 0 Å². The van der Waals surface area contributed by atoms with Crippen LogP contribution in [0.5, 0.6) is 0 Å². The first-order chi connectivity index (χ1) is 12.4. The Balaban J connectivity index is 1.85. The van der Waals surface area contributed by atoms with Crippen molar-refractivity contribution in [2.24, 2.45) is 5.10 Å². The smallest absolute Gasteiger partial charge is 0.269 e. The minimum Gasteiger partial charge on any atom is -0.343 e. The lowest BCUT2D eigenvalue weighted by atomic mass is 10.2. The number of rotatable bonds is 6. The summed E-state index contributed by atoms with van der Waals surface area (Å²) in [4.78, 5) is 33.4. The Morgan fingerprint density at radius 2 is 1.92 bits per heavy atom. The molecule has 8 nitrogen and oxygen atoms in total. The topological polar surface area (TPSA) is 114 Å². The maximum atomic E-state index is 13.5. The van der Waals surface area contributed by atoms with Crippen molar-refractivity contribution in [1.29, 1.82) is 0 Å². The maximum Gasteiger partial charge on any atom is 0.269 e. The van der Waals surface area contributed by atoms with Gasteiger partial charge in [0.25, 0.3) is 17.5 Å². The van der Waals surface area contributed by atoms with Crippen molar-refractivity contribution in [3.05, 3.63) is 74.5 Å². The van der Waals surface area contributed by atoms with E-state index in [9.17, 15) is 24.1 Å². The molecule has 0 aliphatic heterocycles. The van der Waals surface area contributed by atoms with Crippen LogP contribution < -0.4 is 10.7 Å². The van der Waals surface area contributed by atoms with Gasteiger partial charge in [-0.15, -0.1) is 0 Å². The van der Waals surface area contributed by atoms with Crippen molar-refractivity contribution < 1.29 is 18.9 Å². The molecule has 0 aliphatic carbocycles. The van der Waals surface area contributed by atoms with E-state index in [0.717, 1.165) is 6.21 Å². The van der Waals surface area contributed by atoms with Gasteiger partial charge in [-0.2, -0.15) is 5.10 Å². The van der Waals surface area contributed by atoms with Gasteiger partial charge in [-0.05, 0) is 24.3 Å². The fraction of sp³-hybridized carbons (Fsp3) is 0.0625. The number of carbonyl (C=O) groups excluding carboxylic acids is 2. The summed E-state index contributed by atoms with van der Waals surface area (Å²) in [6.07, 6.45) is 1.05. The van der Waals surface area contributed by atoms with Crippen molar-refractivity contribution >= 4 is 35.3 Å². The van der Waals surface area contributed by atoms with Crippen molar-refractivity contribution in [1.82, 2.24) is 10.7 Å². The number of non-ortho nitro benzene ring substituents is 1. The van der Waals surface area contributed by atoms with E-state index in [0.29, 0.717) is 0 Å². The predicted molar refractivity (Wildman–Crippen MR) is 92.6 cm³/mol. The van der Waals surface area contributed by atoms with E-state index >= 15 is 0 Å². The Hall–Kier alpha value is -3.33. The van der Waals surface area contributed by atoms with Gasteiger partial charge < -0.3 is 5.32 Å². The highest BCUT2D eigenvalue weighted by Crippen LogP contribution is 2.16. The van der Waals surface area contributed by atoms with Gasteiger partial charge in [0.15, 0.2) is 0 Å². The predicted octanol–water partition coefficient (Wildman–Crippen LogP) is 2.27. The van der Waals surface area contributed by atoms with Crippen LogP contribution in [-0.4, -0.2) is 29.5 Å². The highest BCUT2D eigenvalue weighted by Gasteiger charge is 2.10. The van der Waals surface area contributed by atoms with Crippen molar-refractivity contribution in [3.8, 4) is 0 Å². The third-order valence-corrected chi connectivity index (χ3v) is 3.46. The summed E-state index contributed by atoms with van der Waals surface area (Å²) >= 11 is 5.80. The summed E-state index contributed by atoms with van der Waals surface area (Å²) < 4.78 is 13.5. The fourth-order valence-electron chi connectivity index (χ4n) is 1.84. The zero-order chi connectivity index (χ0) is 19.1. The Kier molecular flexibility index (Phi) is 6.34. The average molecular weight is 379 g/mol. The summed E-state index contributed by atoms with van der Waals surface area (Å²) in [7, 11) is 0. The zero-order valence-corrected chi connectivity index (χ0v) is 13.9. The first-order valence-corrected chi connectivity index (χ1v) is 7.55. The average Bonchev–Trinajstić information content (AvgIpc) is 2.62. The van der Waals surface area contributed by atoms with Gasteiger partial charge in [-0.1, -0.05) is 17.7 Å². The van der Waals surface area contributed by atoms with Crippen LogP contribution in [0.4, 0.5) is 10.1 Å². The Morgan fingerprint density at radius 3 is 2.54 bits per heavy atom. The van der Waals surface area contributed by atoms with Gasteiger partial charge in [-0.25, -0.2) is 9.82 Å². The summed E-state index contributed by atoms with van der Waals surface area (Å²) in [5.74, 6) is -1.83. The number of nitro groups is 1. The zero-order valence-electron chi connectivity index (χ0n) is 13.1. The number of benzene rings is 2. The summed E-state index contributed by atoms with van der Waals surface area (Å²) in [6, 6.07) is 8.99. The summed E-state index contributed by atoms with van der Waals surface area (Å²) in [6.45, 7) is -0.391. The van der Waals surface area contributed by atoms with Gasteiger partial charge in [0, 0.05) is 23.3 Å². The van der Waals surface area contributed by atoms with Crippen molar-refractivity contribution in [3.63, 3.8) is 0 Å². The number of hydrogen-bond acceptors (Lipinski definition) is 5. The Morgan fingerprint density at radius 1 is 1.23 bits per heavy atom. The third kappa shape index (κ3) is 5.08.